The van der Waals surface area contributed by atoms with Crippen molar-refractivity contribution in [1.82, 2.24) is 4.98 Å². The third kappa shape index (κ3) is 4.50. The van der Waals surface area contributed by atoms with Crippen LogP contribution >= 0.6 is 11.6 Å². The number of carbonyl (C=O) groups is 1. The van der Waals surface area contributed by atoms with E-state index in [4.69, 9.17) is 16.3 Å². The number of nitrogens with zero attached hydrogens (tertiary/aromatic N) is 1. The van der Waals surface area contributed by atoms with E-state index in [0.717, 1.165) is 42.9 Å². The van der Waals surface area contributed by atoms with Gasteiger partial charge in [0.25, 0.3) is 5.91 Å². The van der Waals surface area contributed by atoms with Gasteiger partial charge in [0, 0.05) is 19.3 Å². The van der Waals surface area contributed by atoms with Crippen molar-refractivity contribution in [1.29, 1.82) is 0 Å². The van der Waals surface area contributed by atoms with Crippen molar-refractivity contribution < 1.29 is 9.53 Å². The van der Waals surface area contributed by atoms with Crippen LogP contribution in [0.5, 0.6) is 0 Å². The van der Waals surface area contributed by atoms with Crippen molar-refractivity contribution in [2.45, 2.75) is 32.8 Å². The predicted molar refractivity (Wildman–Crippen MR) is 101 cm³/mol. The van der Waals surface area contributed by atoms with E-state index in [1.54, 1.807) is 18.3 Å². The first kappa shape index (κ1) is 17.7. The zero-order chi connectivity index (χ0) is 17.8. The molecule has 2 heterocycles. The average molecular weight is 360 g/mol. The second-order valence-electron chi connectivity index (χ2n) is 6.34. The van der Waals surface area contributed by atoms with E-state index < -0.39 is 0 Å². The third-order valence-electron chi connectivity index (χ3n) is 4.23. The molecule has 0 spiro atoms. The number of amides is 1. The van der Waals surface area contributed by atoms with Crippen LogP contribution in [0, 0.1) is 13.8 Å². The van der Waals surface area contributed by atoms with E-state index in [0.29, 0.717) is 16.3 Å². The van der Waals surface area contributed by atoms with Gasteiger partial charge in [-0.15, -0.1) is 0 Å². The molecule has 0 saturated carbocycles. The van der Waals surface area contributed by atoms with E-state index in [-0.39, 0.29) is 12.0 Å². The van der Waals surface area contributed by atoms with Crippen LogP contribution in [-0.2, 0) is 4.74 Å². The summed E-state index contributed by atoms with van der Waals surface area (Å²) in [6.45, 7) is 5.46. The van der Waals surface area contributed by atoms with E-state index >= 15 is 0 Å². The lowest BCUT2D eigenvalue weighted by molar-refractivity contribution is 0.102. The largest absolute Gasteiger partial charge is 0.376 e. The van der Waals surface area contributed by atoms with Gasteiger partial charge in [-0.05, 0) is 56.0 Å². The van der Waals surface area contributed by atoms with Gasteiger partial charge in [0.2, 0.25) is 0 Å². The Morgan fingerprint density at radius 3 is 2.84 bits per heavy atom. The van der Waals surface area contributed by atoms with Crippen LogP contribution in [0.3, 0.4) is 0 Å². The van der Waals surface area contributed by atoms with Crippen molar-refractivity contribution in [3.63, 3.8) is 0 Å². The molecule has 5 nitrogen and oxygen atoms in total. The first-order valence-corrected chi connectivity index (χ1v) is 8.80. The number of rotatable bonds is 5. The van der Waals surface area contributed by atoms with Gasteiger partial charge in [-0.3, -0.25) is 4.79 Å². The van der Waals surface area contributed by atoms with E-state index in [9.17, 15) is 4.79 Å². The summed E-state index contributed by atoms with van der Waals surface area (Å²) in [7, 11) is 0. The number of nitrogens with one attached hydrogen (secondary N) is 2. The number of carbonyl (C=O) groups excluding carboxylic acids is 1. The summed E-state index contributed by atoms with van der Waals surface area (Å²) in [6, 6.07) is 7.36. The highest BCUT2D eigenvalue weighted by molar-refractivity contribution is 6.34. The summed E-state index contributed by atoms with van der Waals surface area (Å²) in [6.07, 6.45) is 3.99. The summed E-state index contributed by atoms with van der Waals surface area (Å²) in [4.78, 5) is 16.7. The fourth-order valence-corrected chi connectivity index (χ4v) is 3.28. The second kappa shape index (κ2) is 7.85. The lowest BCUT2D eigenvalue weighted by Gasteiger charge is -2.13. The molecule has 25 heavy (non-hydrogen) atoms. The monoisotopic (exact) mass is 359 g/mol. The van der Waals surface area contributed by atoms with E-state index in [1.807, 2.05) is 26.0 Å². The Hall–Kier alpha value is -2.11. The highest BCUT2D eigenvalue weighted by Crippen LogP contribution is 2.27. The number of ether oxygens (including phenoxy) is 1. The highest BCUT2D eigenvalue weighted by Gasteiger charge is 2.15. The lowest BCUT2D eigenvalue weighted by Crippen LogP contribution is -2.19. The number of aromatic nitrogens is 1. The summed E-state index contributed by atoms with van der Waals surface area (Å²) in [5, 5.41) is 6.64. The molecule has 6 heteroatoms. The standard InChI is InChI=1S/C19H22ClN3O2/c1-12-8-13(2)18(16(20)9-12)23-19(24)14-5-6-17(21-10-14)22-11-15-4-3-7-25-15/h5-6,8-10,15H,3-4,7,11H2,1-2H3,(H,21,22)(H,23,24). The van der Waals surface area contributed by atoms with Crippen LogP contribution in [0.1, 0.15) is 34.3 Å². The number of benzene rings is 1. The minimum absolute atomic E-state index is 0.230. The molecule has 1 atom stereocenters. The fourth-order valence-electron chi connectivity index (χ4n) is 2.92. The van der Waals surface area contributed by atoms with Gasteiger partial charge in [-0.1, -0.05) is 17.7 Å². The van der Waals surface area contributed by atoms with Crippen LogP contribution in [0.15, 0.2) is 30.5 Å². The topological polar surface area (TPSA) is 63.2 Å². The Morgan fingerprint density at radius 1 is 1.36 bits per heavy atom. The molecule has 1 unspecified atom stereocenters. The van der Waals surface area contributed by atoms with Crippen LogP contribution in [0.4, 0.5) is 11.5 Å². The maximum atomic E-state index is 12.4. The van der Waals surface area contributed by atoms with E-state index in [2.05, 4.69) is 15.6 Å². The number of hydrogen-bond acceptors (Lipinski definition) is 4. The van der Waals surface area contributed by atoms with Gasteiger partial charge in [-0.2, -0.15) is 0 Å². The van der Waals surface area contributed by atoms with Crippen molar-refractivity contribution in [3.05, 3.63) is 52.2 Å². The zero-order valence-electron chi connectivity index (χ0n) is 14.4. The normalized spacial score (nSPS) is 16.7. The molecule has 1 aromatic carbocycles. The Morgan fingerprint density at radius 2 is 2.20 bits per heavy atom. The van der Waals surface area contributed by atoms with Gasteiger partial charge in [-0.25, -0.2) is 4.98 Å². The third-order valence-corrected chi connectivity index (χ3v) is 4.53. The van der Waals surface area contributed by atoms with Crippen molar-refractivity contribution in [2.24, 2.45) is 0 Å². The Balaban J connectivity index is 1.62. The maximum absolute atomic E-state index is 12.4. The average Bonchev–Trinajstić information content (AvgIpc) is 3.10. The Labute approximate surface area is 152 Å². The smallest absolute Gasteiger partial charge is 0.257 e. The van der Waals surface area contributed by atoms with Gasteiger partial charge in [0.1, 0.15) is 5.82 Å². The number of aryl methyl sites for hydroxylation is 2. The molecule has 132 valence electrons. The van der Waals surface area contributed by atoms with Crippen molar-refractivity contribution in [3.8, 4) is 0 Å². The second-order valence-corrected chi connectivity index (χ2v) is 6.75. The minimum atomic E-state index is -0.230. The fraction of sp³-hybridized carbons (Fsp3) is 0.368. The van der Waals surface area contributed by atoms with Crippen LogP contribution in [-0.4, -0.2) is 30.1 Å². The van der Waals surface area contributed by atoms with Gasteiger partial charge >= 0.3 is 0 Å². The van der Waals surface area contributed by atoms with Crippen molar-refractivity contribution >= 4 is 29.0 Å². The maximum Gasteiger partial charge on any atom is 0.257 e. The SMILES string of the molecule is Cc1cc(C)c(NC(=O)c2ccc(NCC3CCCO3)nc2)c(Cl)c1. The summed E-state index contributed by atoms with van der Waals surface area (Å²) in [5.41, 5.74) is 3.11. The molecule has 0 bridgehead atoms. The molecule has 1 saturated heterocycles. The molecule has 1 aromatic heterocycles. The van der Waals surface area contributed by atoms with Crippen LogP contribution < -0.4 is 10.6 Å². The summed E-state index contributed by atoms with van der Waals surface area (Å²) >= 11 is 6.24. The first-order chi connectivity index (χ1) is 12.0. The molecule has 1 aliphatic heterocycles. The van der Waals surface area contributed by atoms with E-state index in [1.165, 1.54) is 0 Å². The molecule has 3 rings (SSSR count). The Bertz CT molecular complexity index is 733. The molecule has 0 radical (unpaired) electrons. The number of anilines is 2. The number of pyridine rings is 1. The number of hydrogen-bond donors (Lipinski definition) is 2. The minimum Gasteiger partial charge on any atom is -0.376 e. The molecule has 1 amide bonds. The van der Waals surface area contributed by atoms with Gasteiger partial charge in [0.15, 0.2) is 0 Å². The predicted octanol–water partition coefficient (Wildman–Crippen LogP) is 4.20. The first-order valence-electron chi connectivity index (χ1n) is 8.42. The van der Waals surface area contributed by atoms with Crippen LogP contribution in [0.25, 0.3) is 0 Å². The van der Waals surface area contributed by atoms with Gasteiger partial charge < -0.3 is 15.4 Å². The molecule has 1 aliphatic rings. The summed E-state index contributed by atoms with van der Waals surface area (Å²) < 4.78 is 5.57. The zero-order valence-corrected chi connectivity index (χ0v) is 15.2. The molecule has 0 aliphatic carbocycles. The highest BCUT2D eigenvalue weighted by atomic mass is 35.5. The molecule has 1 fully saturated rings. The lowest BCUT2D eigenvalue weighted by atomic mass is 10.1. The molecular formula is C19H22ClN3O2. The van der Waals surface area contributed by atoms with Crippen molar-refractivity contribution in [2.75, 3.05) is 23.8 Å². The van der Waals surface area contributed by atoms with Crippen LogP contribution in [0.2, 0.25) is 5.02 Å². The number of halogens is 1. The Kier molecular flexibility index (Phi) is 5.56. The van der Waals surface area contributed by atoms with Gasteiger partial charge in [0.05, 0.1) is 22.4 Å². The molecule has 2 aromatic rings. The molecule has 2 N–H and O–H groups in total. The molecular weight excluding hydrogens is 338 g/mol. The quantitative estimate of drug-likeness (QED) is 0.840. The summed E-state index contributed by atoms with van der Waals surface area (Å²) in [5.74, 6) is 0.503.